The highest BCUT2D eigenvalue weighted by Crippen LogP contribution is 2.06. The number of nitrogens with zero attached hydrogens (tertiary/aromatic N) is 1. The van der Waals surface area contributed by atoms with Crippen LogP contribution in [-0.2, 0) is 22.8 Å². The van der Waals surface area contributed by atoms with Gasteiger partial charge < -0.3 is 10.2 Å². The number of rotatable bonds is 9. The van der Waals surface area contributed by atoms with Crippen molar-refractivity contribution in [2.24, 2.45) is 0 Å². The molecule has 1 N–H and O–H groups in total. The molecule has 0 fully saturated rings. The standard InChI is InChI=1S/C14H18N2O4/c1-2-3-4-5-14(17)15-10-12-6-8-13(9-7-12)11-20-16(18)19/h2,6-9H,1,3-5,10-11H2,(H,15,17). The quantitative estimate of drug-likeness (QED) is 0.325. The van der Waals surface area contributed by atoms with Crippen LogP contribution in [-0.4, -0.2) is 11.0 Å². The lowest BCUT2D eigenvalue weighted by Crippen LogP contribution is -2.22. The van der Waals surface area contributed by atoms with E-state index >= 15 is 0 Å². The molecule has 0 heterocycles. The Labute approximate surface area is 117 Å². The van der Waals surface area contributed by atoms with E-state index in [1.165, 1.54) is 0 Å². The maximum absolute atomic E-state index is 11.5. The second-order valence-corrected chi connectivity index (χ2v) is 4.27. The van der Waals surface area contributed by atoms with Gasteiger partial charge in [0.2, 0.25) is 5.91 Å². The highest BCUT2D eigenvalue weighted by atomic mass is 16.9. The van der Waals surface area contributed by atoms with Gasteiger partial charge in [0.05, 0.1) is 0 Å². The number of carbonyl (C=O) groups is 1. The molecule has 20 heavy (non-hydrogen) atoms. The summed E-state index contributed by atoms with van der Waals surface area (Å²) in [7, 11) is 0. The molecule has 1 aromatic rings. The maximum atomic E-state index is 11.5. The number of hydrogen-bond donors (Lipinski definition) is 1. The third-order valence-electron chi connectivity index (χ3n) is 2.66. The molecule has 0 aliphatic rings. The number of carbonyl (C=O) groups excluding carboxylic acids is 1. The van der Waals surface area contributed by atoms with Crippen molar-refractivity contribution in [1.29, 1.82) is 0 Å². The molecule has 6 heteroatoms. The topological polar surface area (TPSA) is 81.5 Å². The summed E-state index contributed by atoms with van der Waals surface area (Å²) in [4.78, 5) is 25.8. The first kappa shape index (κ1) is 15.7. The number of unbranched alkanes of at least 4 members (excludes halogenated alkanes) is 1. The molecule has 0 radical (unpaired) electrons. The first-order valence-electron chi connectivity index (χ1n) is 6.34. The molecule has 0 aromatic heterocycles. The van der Waals surface area contributed by atoms with E-state index in [4.69, 9.17) is 0 Å². The van der Waals surface area contributed by atoms with E-state index in [1.54, 1.807) is 18.2 Å². The predicted molar refractivity (Wildman–Crippen MR) is 74.1 cm³/mol. The molecule has 0 aliphatic heterocycles. The fraction of sp³-hybridized carbons (Fsp3) is 0.357. The van der Waals surface area contributed by atoms with E-state index in [9.17, 15) is 14.9 Å². The van der Waals surface area contributed by atoms with Gasteiger partial charge in [-0.25, -0.2) is 0 Å². The Balaban J connectivity index is 2.32. The van der Waals surface area contributed by atoms with Crippen LogP contribution in [0.1, 0.15) is 30.4 Å². The lowest BCUT2D eigenvalue weighted by Gasteiger charge is -2.06. The molecule has 0 saturated heterocycles. The van der Waals surface area contributed by atoms with Crippen molar-refractivity contribution in [3.05, 3.63) is 58.2 Å². The van der Waals surface area contributed by atoms with Crippen molar-refractivity contribution in [2.45, 2.75) is 32.4 Å². The SMILES string of the molecule is C=CCCCC(=O)NCc1ccc(CO[N+](=O)[O-])cc1. The van der Waals surface area contributed by atoms with E-state index in [1.807, 2.05) is 12.1 Å². The second kappa shape index (κ2) is 8.68. The Morgan fingerprint density at radius 1 is 1.35 bits per heavy atom. The molecular weight excluding hydrogens is 260 g/mol. The Morgan fingerprint density at radius 3 is 2.60 bits per heavy atom. The van der Waals surface area contributed by atoms with Gasteiger partial charge in [0.25, 0.3) is 5.09 Å². The molecule has 108 valence electrons. The maximum Gasteiger partial charge on any atom is 0.294 e. The lowest BCUT2D eigenvalue weighted by atomic mass is 10.1. The minimum atomic E-state index is -0.822. The molecule has 0 saturated carbocycles. The summed E-state index contributed by atoms with van der Waals surface area (Å²) in [5.41, 5.74) is 1.65. The molecule has 1 rings (SSSR count). The van der Waals surface area contributed by atoms with Crippen LogP contribution in [0.2, 0.25) is 0 Å². The second-order valence-electron chi connectivity index (χ2n) is 4.27. The van der Waals surface area contributed by atoms with Crippen LogP contribution in [0.4, 0.5) is 0 Å². The Morgan fingerprint density at radius 2 is 2.00 bits per heavy atom. The first-order chi connectivity index (χ1) is 9.61. The summed E-state index contributed by atoms with van der Waals surface area (Å²) in [6.07, 6.45) is 3.91. The van der Waals surface area contributed by atoms with Crippen LogP contribution in [0.15, 0.2) is 36.9 Å². The smallest absolute Gasteiger partial charge is 0.294 e. The van der Waals surface area contributed by atoms with Gasteiger partial charge in [0.1, 0.15) is 6.61 Å². The minimum Gasteiger partial charge on any atom is -0.352 e. The van der Waals surface area contributed by atoms with Crippen molar-refractivity contribution >= 4 is 5.91 Å². The third kappa shape index (κ3) is 6.53. The molecule has 0 bridgehead atoms. The zero-order chi connectivity index (χ0) is 14.8. The zero-order valence-electron chi connectivity index (χ0n) is 11.2. The van der Waals surface area contributed by atoms with Crippen LogP contribution >= 0.6 is 0 Å². The average Bonchev–Trinajstić information content (AvgIpc) is 2.44. The lowest BCUT2D eigenvalue weighted by molar-refractivity contribution is -0.763. The van der Waals surface area contributed by atoms with Crippen LogP contribution < -0.4 is 5.32 Å². The third-order valence-corrected chi connectivity index (χ3v) is 2.66. The van der Waals surface area contributed by atoms with Crippen molar-refractivity contribution in [1.82, 2.24) is 5.32 Å². The van der Waals surface area contributed by atoms with Gasteiger partial charge in [-0.15, -0.1) is 16.7 Å². The van der Waals surface area contributed by atoms with Gasteiger partial charge in [-0.1, -0.05) is 30.3 Å². The fourth-order valence-electron chi connectivity index (χ4n) is 1.58. The summed E-state index contributed by atoms with van der Waals surface area (Å²) >= 11 is 0. The normalized spacial score (nSPS) is 9.80. The number of hydrogen-bond acceptors (Lipinski definition) is 4. The van der Waals surface area contributed by atoms with Crippen molar-refractivity contribution in [3.8, 4) is 0 Å². The molecule has 0 atom stereocenters. The molecule has 0 spiro atoms. The molecule has 1 amide bonds. The van der Waals surface area contributed by atoms with E-state index in [0.717, 1.165) is 18.4 Å². The largest absolute Gasteiger partial charge is 0.352 e. The highest BCUT2D eigenvalue weighted by Gasteiger charge is 2.02. The Kier molecular flexibility index (Phi) is 6.81. The van der Waals surface area contributed by atoms with Gasteiger partial charge in [-0.3, -0.25) is 4.79 Å². The fourth-order valence-corrected chi connectivity index (χ4v) is 1.58. The Hall–Kier alpha value is -2.37. The summed E-state index contributed by atoms with van der Waals surface area (Å²) in [5, 5.41) is 12.0. The molecule has 0 unspecified atom stereocenters. The van der Waals surface area contributed by atoms with Crippen LogP contribution in [0.5, 0.6) is 0 Å². The van der Waals surface area contributed by atoms with Gasteiger partial charge in [-0.2, -0.15) is 0 Å². The van der Waals surface area contributed by atoms with E-state index in [-0.39, 0.29) is 12.5 Å². The van der Waals surface area contributed by atoms with Crippen LogP contribution in [0.3, 0.4) is 0 Å². The van der Waals surface area contributed by atoms with Crippen molar-refractivity contribution in [2.75, 3.05) is 0 Å². The molecular formula is C14H18N2O4. The molecule has 1 aromatic carbocycles. The summed E-state index contributed by atoms with van der Waals surface area (Å²) in [5.74, 6) is 0.00705. The molecule has 0 aliphatic carbocycles. The average molecular weight is 278 g/mol. The first-order valence-corrected chi connectivity index (χ1v) is 6.34. The molecule has 6 nitrogen and oxygen atoms in total. The minimum absolute atomic E-state index is 0.00705. The number of amides is 1. The summed E-state index contributed by atoms with van der Waals surface area (Å²) in [6.45, 7) is 3.98. The van der Waals surface area contributed by atoms with Gasteiger partial charge in [0, 0.05) is 13.0 Å². The van der Waals surface area contributed by atoms with Gasteiger partial charge in [0.15, 0.2) is 0 Å². The van der Waals surface area contributed by atoms with Crippen LogP contribution in [0.25, 0.3) is 0 Å². The van der Waals surface area contributed by atoms with Crippen molar-refractivity contribution < 1.29 is 14.7 Å². The number of allylic oxidation sites excluding steroid dienone is 1. The van der Waals surface area contributed by atoms with Crippen molar-refractivity contribution in [3.63, 3.8) is 0 Å². The van der Waals surface area contributed by atoms with Gasteiger partial charge in [-0.05, 0) is 24.0 Å². The van der Waals surface area contributed by atoms with Crippen LogP contribution in [0, 0.1) is 10.1 Å². The summed E-state index contributed by atoms with van der Waals surface area (Å²) < 4.78 is 0. The van der Waals surface area contributed by atoms with E-state index < -0.39 is 5.09 Å². The van der Waals surface area contributed by atoms with Gasteiger partial charge >= 0.3 is 0 Å². The van der Waals surface area contributed by atoms with E-state index in [0.29, 0.717) is 18.5 Å². The highest BCUT2D eigenvalue weighted by molar-refractivity contribution is 5.75. The number of benzene rings is 1. The monoisotopic (exact) mass is 278 g/mol. The number of nitrogens with one attached hydrogen (secondary N) is 1. The zero-order valence-corrected chi connectivity index (χ0v) is 11.2. The Bertz CT molecular complexity index is 457. The van der Waals surface area contributed by atoms with E-state index in [2.05, 4.69) is 16.7 Å². The predicted octanol–water partition coefficient (Wildman–Crippen LogP) is 2.37. The summed E-state index contributed by atoms with van der Waals surface area (Å²) in [6, 6.07) is 7.09.